The van der Waals surface area contributed by atoms with Crippen LogP contribution >= 0.6 is 0 Å². The Morgan fingerprint density at radius 2 is 1.80 bits per heavy atom. The van der Waals surface area contributed by atoms with E-state index in [1.54, 1.807) is 6.92 Å². The highest BCUT2D eigenvalue weighted by Gasteiger charge is 2.38. The Bertz CT molecular complexity index is 270. The van der Waals surface area contributed by atoms with Gasteiger partial charge in [0.25, 0.3) is 0 Å². The van der Waals surface area contributed by atoms with E-state index >= 15 is 0 Å². The summed E-state index contributed by atoms with van der Waals surface area (Å²) in [6.45, 7) is 2.06. The van der Waals surface area contributed by atoms with Crippen molar-refractivity contribution in [3.05, 3.63) is 0 Å². The maximum absolute atomic E-state index is 11.7. The molecule has 2 aliphatic rings. The molecule has 2 rings (SSSR count). The van der Waals surface area contributed by atoms with Gasteiger partial charge in [0.1, 0.15) is 12.4 Å². The number of carbonyl (C=O) groups excluding carboxylic acids is 2. The van der Waals surface area contributed by atoms with Gasteiger partial charge in [-0.3, -0.25) is 9.59 Å². The van der Waals surface area contributed by atoms with Gasteiger partial charge in [-0.25, -0.2) is 0 Å². The molecule has 1 saturated carbocycles. The maximum atomic E-state index is 11.7. The van der Waals surface area contributed by atoms with Crippen LogP contribution in [-0.4, -0.2) is 24.6 Å². The molecule has 3 unspecified atom stereocenters. The predicted molar refractivity (Wildman–Crippen MR) is 52.0 cm³/mol. The molecular weight excluding hydrogens is 196 g/mol. The van der Waals surface area contributed by atoms with E-state index in [4.69, 9.17) is 9.47 Å². The van der Waals surface area contributed by atoms with Gasteiger partial charge in [-0.15, -0.1) is 0 Å². The van der Waals surface area contributed by atoms with E-state index in [0.717, 1.165) is 25.7 Å². The lowest BCUT2D eigenvalue weighted by Gasteiger charge is -2.27. The molecule has 15 heavy (non-hydrogen) atoms. The average molecular weight is 212 g/mol. The lowest BCUT2D eigenvalue weighted by atomic mass is 9.77. The summed E-state index contributed by atoms with van der Waals surface area (Å²) in [5, 5.41) is 0. The first-order chi connectivity index (χ1) is 7.18. The van der Waals surface area contributed by atoms with Crippen LogP contribution in [0.15, 0.2) is 0 Å². The van der Waals surface area contributed by atoms with Crippen molar-refractivity contribution >= 4 is 11.8 Å². The topological polar surface area (TPSA) is 55.9 Å². The number of esters is 1. The van der Waals surface area contributed by atoms with E-state index in [2.05, 4.69) is 0 Å². The maximum Gasteiger partial charge on any atom is 0.312 e. The molecule has 1 aliphatic heterocycles. The molecule has 1 aliphatic carbocycles. The van der Waals surface area contributed by atoms with Gasteiger partial charge in [-0.05, 0) is 19.8 Å². The number of Topliss-reactive ketones (excluding diaryl/α,β-unsaturated/α-hetero) is 1. The molecule has 4 heteroatoms. The van der Waals surface area contributed by atoms with Crippen molar-refractivity contribution in [1.29, 1.82) is 0 Å². The van der Waals surface area contributed by atoms with Crippen molar-refractivity contribution in [2.45, 2.75) is 38.9 Å². The Morgan fingerprint density at radius 3 is 2.33 bits per heavy atom. The monoisotopic (exact) mass is 212 g/mol. The van der Waals surface area contributed by atoms with Gasteiger partial charge in [0.2, 0.25) is 6.29 Å². The highest BCUT2D eigenvalue weighted by atomic mass is 16.8. The Hall–Kier alpha value is -0.900. The molecule has 0 N–H and O–H groups in total. The third-order valence-electron chi connectivity index (χ3n) is 3.14. The molecule has 0 amide bonds. The highest BCUT2D eigenvalue weighted by molar-refractivity contribution is 5.85. The van der Waals surface area contributed by atoms with Gasteiger partial charge < -0.3 is 9.47 Å². The quantitative estimate of drug-likeness (QED) is 0.522. The van der Waals surface area contributed by atoms with Crippen LogP contribution < -0.4 is 0 Å². The van der Waals surface area contributed by atoms with E-state index in [1.807, 2.05) is 0 Å². The molecule has 2 fully saturated rings. The molecule has 3 atom stereocenters. The summed E-state index contributed by atoms with van der Waals surface area (Å²) in [6, 6.07) is 0. The van der Waals surface area contributed by atoms with Crippen LogP contribution in [0, 0.1) is 11.8 Å². The number of rotatable bonds is 3. The van der Waals surface area contributed by atoms with Crippen LogP contribution in [0.25, 0.3) is 0 Å². The molecular formula is C11H16O4. The zero-order chi connectivity index (χ0) is 10.8. The van der Waals surface area contributed by atoms with E-state index in [-0.39, 0.29) is 29.9 Å². The fraction of sp³-hybridized carbons (Fsp3) is 0.818. The summed E-state index contributed by atoms with van der Waals surface area (Å²) in [6.07, 6.45) is 3.30. The van der Waals surface area contributed by atoms with Gasteiger partial charge in [0, 0.05) is 5.92 Å². The van der Waals surface area contributed by atoms with E-state index < -0.39 is 0 Å². The van der Waals surface area contributed by atoms with E-state index in [1.165, 1.54) is 0 Å². The van der Waals surface area contributed by atoms with Crippen LogP contribution in [0.3, 0.4) is 0 Å². The van der Waals surface area contributed by atoms with Crippen LogP contribution in [-0.2, 0) is 19.1 Å². The lowest BCUT2D eigenvalue weighted by Crippen LogP contribution is -2.33. The summed E-state index contributed by atoms with van der Waals surface area (Å²) in [5.41, 5.74) is 0. The van der Waals surface area contributed by atoms with E-state index in [0.29, 0.717) is 6.61 Å². The van der Waals surface area contributed by atoms with Gasteiger partial charge in [-0.2, -0.15) is 0 Å². The van der Waals surface area contributed by atoms with Crippen LogP contribution in [0.1, 0.15) is 32.6 Å². The second kappa shape index (κ2) is 4.31. The number of ketones is 1. The minimum atomic E-state index is -0.341. The first-order valence-electron chi connectivity index (χ1n) is 5.51. The molecule has 1 saturated heterocycles. The molecule has 1 heterocycles. The highest BCUT2D eigenvalue weighted by Crippen LogP contribution is 2.32. The molecule has 0 bridgehead atoms. The summed E-state index contributed by atoms with van der Waals surface area (Å²) in [7, 11) is 0. The number of ether oxygens (including phenoxy) is 2. The predicted octanol–water partition coefficient (Wildman–Crippen LogP) is 1.28. The standard InChI is InChI=1S/C11H16O4/c1-7(12)8-4-2-3-5-9(8)11(13)15-10-6-14-10/h8-10H,2-6H2,1H3. The Balaban J connectivity index is 1.96. The molecule has 84 valence electrons. The lowest BCUT2D eigenvalue weighted by molar-refractivity contribution is -0.158. The van der Waals surface area contributed by atoms with Crippen molar-refractivity contribution in [1.82, 2.24) is 0 Å². The number of epoxide rings is 1. The molecule has 4 nitrogen and oxygen atoms in total. The zero-order valence-electron chi connectivity index (χ0n) is 8.90. The second-order valence-electron chi connectivity index (χ2n) is 4.31. The molecule has 0 radical (unpaired) electrons. The third kappa shape index (κ3) is 2.56. The minimum absolute atomic E-state index is 0.105. The van der Waals surface area contributed by atoms with Crippen molar-refractivity contribution in [2.75, 3.05) is 6.61 Å². The van der Waals surface area contributed by atoms with Crippen molar-refractivity contribution in [3.8, 4) is 0 Å². The summed E-state index contributed by atoms with van der Waals surface area (Å²) in [5.74, 6) is -0.517. The molecule has 0 aromatic heterocycles. The Kier molecular flexibility index (Phi) is 3.05. The summed E-state index contributed by atoms with van der Waals surface area (Å²) < 4.78 is 9.91. The van der Waals surface area contributed by atoms with Gasteiger partial charge in [-0.1, -0.05) is 12.8 Å². The largest absolute Gasteiger partial charge is 0.433 e. The van der Waals surface area contributed by atoms with Gasteiger partial charge in [0.15, 0.2) is 0 Å². The SMILES string of the molecule is CC(=O)C1CCCCC1C(=O)OC1CO1. The van der Waals surface area contributed by atoms with Crippen LogP contribution in [0.4, 0.5) is 0 Å². The first-order valence-corrected chi connectivity index (χ1v) is 5.51. The Labute approximate surface area is 88.9 Å². The molecule has 0 spiro atoms. The van der Waals surface area contributed by atoms with Crippen LogP contribution in [0.2, 0.25) is 0 Å². The number of hydrogen-bond donors (Lipinski definition) is 0. The smallest absolute Gasteiger partial charge is 0.312 e. The average Bonchev–Trinajstić information content (AvgIpc) is 3.01. The van der Waals surface area contributed by atoms with Crippen molar-refractivity contribution in [3.63, 3.8) is 0 Å². The van der Waals surface area contributed by atoms with Crippen molar-refractivity contribution in [2.24, 2.45) is 11.8 Å². The Morgan fingerprint density at radius 1 is 1.20 bits per heavy atom. The van der Waals surface area contributed by atoms with Crippen molar-refractivity contribution < 1.29 is 19.1 Å². The fourth-order valence-corrected chi connectivity index (χ4v) is 2.22. The fourth-order valence-electron chi connectivity index (χ4n) is 2.22. The number of carbonyl (C=O) groups is 2. The van der Waals surface area contributed by atoms with Crippen LogP contribution in [0.5, 0.6) is 0 Å². The van der Waals surface area contributed by atoms with E-state index in [9.17, 15) is 9.59 Å². The second-order valence-corrected chi connectivity index (χ2v) is 4.31. The molecule has 0 aromatic rings. The first kappa shape index (κ1) is 10.6. The number of hydrogen-bond acceptors (Lipinski definition) is 4. The zero-order valence-corrected chi connectivity index (χ0v) is 8.90. The van der Waals surface area contributed by atoms with Gasteiger partial charge in [0.05, 0.1) is 5.92 Å². The molecule has 0 aromatic carbocycles. The summed E-state index contributed by atoms with van der Waals surface area (Å²) >= 11 is 0. The minimum Gasteiger partial charge on any atom is -0.433 e. The third-order valence-corrected chi connectivity index (χ3v) is 3.14. The van der Waals surface area contributed by atoms with Gasteiger partial charge >= 0.3 is 5.97 Å². The normalized spacial score (nSPS) is 34.6. The summed E-state index contributed by atoms with van der Waals surface area (Å²) in [4.78, 5) is 23.1.